The first-order chi connectivity index (χ1) is 5.68. The van der Waals surface area contributed by atoms with Crippen LogP contribution in [-0.2, 0) is 0 Å². The van der Waals surface area contributed by atoms with Crippen molar-refractivity contribution in [1.82, 2.24) is 0 Å². The van der Waals surface area contributed by atoms with Crippen LogP contribution in [0.2, 0.25) is 5.02 Å². The van der Waals surface area contributed by atoms with E-state index < -0.39 is 0 Å². The number of rotatable bonds is 1. The van der Waals surface area contributed by atoms with Crippen molar-refractivity contribution in [2.45, 2.75) is 19.3 Å². The summed E-state index contributed by atoms with van der Waals surface area (Å²) in [5, 5.41) is 9.82. The fraction of sp³-hybridized carbons (Fsp3) is 0.400. The molecule has 1 saturated carbocycles. The molecule has 0 spiro atoms. The average molecular weight is 183 g/mol. The molecule has 0 bridgehead atoms. The van der Waals surface area contributed by atoms with Gasteiger partial charge < -0.3 is 5.11 Å². The first kappa shape index (κ1) is 7.93. The zero-order valence-electron chi connectivity index (χ0n) is 6.92. The number of phenols is 1. The highest BCUT2D eigenvalue weighted by Crippen LogP contribution is 2.49. The van der Waals surface area contributed by atoms with Gasteiger partial charge in [0, 0.05) is 5.02 Å². The summed E-state index contributed by atoms with van der Waals surface area (Å²) in [6.07, 6.45) is 1.23. The summed E-state index contributed by atoms with van der Waals surface area (Å²) in [6.45, 7) is 2.22. The minimum absolute atomic E-state index is 0.247. The molecular formula is C10H11ClO. The second kappa shape index (κ2) is 2.67. The van der Waals surface area contributed by atoms with Crippen molar-refractivity contribution in [1.29, 1.82) is 0 Å². The van der Waals surface area contributed by atoms with E-state index in [1.165, 1.54) is 12.0 Å². The fourth-order valence-electron chi connectivity index (χ4n) is 1.57. The molecule has 1 N–H and O–H groups in total. The van der Waals surface area contributed by atoms with Crippen molar-refractivity contribution in [3.8, 4) is 5.75 Å². The van der Waals surface area contributed by atoms with Gasteiger partial charge in [-0.3, -0.25) is 0 Å². The van der Waals surface area contributed by atoms with Gasteiger partial charge >= 0.3 is 0 Å². The highest BCUT2D eigenvalue weighted by molar-refractivity contribution is 6.31. The van der Waals surface area contributed by atoms with Crippen LogP contribution in [-0.4, -0.2) is 5.11 Å². The second-order valence-corrected chi connectivity index (χ2v) is 3.93. The Bertz CT molecular complexity index is 309. The maximum atomic E-state index is 9.12. The van der Waals surface area contributed by atoms with E-state index in [9.17, 15) is 0 Å². The summed E-state index contributed by atoms with van der Waals surface area (Å²) >= 11 is 5.97. The largest absolute Gasteiger partial charge is 0.508 e. The van der Waals surface area contributed by atoms with Crippen LogP contribution in [0.5, 0.6) is 5.75 Å². The van der Waals surface area contributed by atoms with Crippen LogP contribution in [0.25, 0.3) is 0 Å². The number of phenolic OH excluding ortho intramolecular Hbond substituents is 1. The Morgan fingerprint density at radius 1 is 1.50 bits per heavy atom. The van der Waals surface area contributed by atoms with Crippen LogP contribution < -0.4 is 0 Å². The summed E-state index contributed by atoms with van der Waals surface area (Å²) in [7, 11) is 0. The van der Waals surface area contributed by atoms with Gasteiger partial charge in [0.25, 0.3) is 0 Å². The molecule has 0 heterocycles. The molecule has 1 aromatic carbocycles. The molecule has 1 fully saturated rings. The molecule has 2 atom stereocenters. The Labute approximate surface area is 77.0 Å². The Morgan fingerprint density at radius 3 is 2.67 bits per heavy atom. The SMILES string of the molecule is C[C@@H]1C[C@@H]1c1ccc(O)cc1Cl. The molecule has 1 aromatic rings. The van der Waals surface area contributed by atoms with E-state index in [-0.39, 0.29) is 5.75 Å². The van der Waals surface area contributed by atoms with E-state index in [1.54, 1.807) is 12.1 Å². The van der Waals surface area contributed by atoms with Gasteiger partial charge in [-0.15, -0.1) is 0 Å². The van der Waals surface area contributed by atoms with E-state index in [1.807, 2.05) is 6.07 Å². The van der Waals surface area contributed by atoms with Crippen molar-refractivity contribution >= 4 is 11.6 Å². The van der Waals surface area contributed by atoms with Crippen LogP contribution in [0.3, 0.4) is 0 Å². The van der Waals surface area contributed by atoms with E-state index in [0.717, 1.165) is 5.92 Å². The summed E-state index contributed by atoms with van der Waals surface area (Å²) in [6, 6.07) is 5.24. The third kappa shape index (κ3) is 1.29. The lowest BCUT2D eigenvalue weighted by Gasteiger charge is -2.02. The Kier molecular flexibility index (Phi) is 1.76. The monoisotopic (exact) mass is 182 g/mol. The summed E-state index contributed by atoms with van der Waals surface area (Å²) in [4.78, 5) is 0. The number of benzene rings is 1. The lowest BCUT2D eigenvalue weighted by atomic mass is 10.1. The highest BCUT2D eigenvalue weighted by atomic mass is 35.5. The maximum absolute atomic E-state index is 9.12. The van der Waals surface area contributed by atoms with E-state index in [4.69, 9.17) is 16.7 Å². The standard InChI is InChI=1S/C10H11ClO/c1-6-4-9(6)8-3-2-7(12)5-10(8)11/h2-3,5-6,9,12H,4H2,1H3/t6-,9+/m1/s1. The van der Waals surface area contributed by atoms with Gasteiger partial charge in [-0.25, -0.2) is 0 Å². The zero-order chi connectivity index (χ0) is 8.72. The summed E-state index contributed by atoms with van der Waals surface area (Å²) in [5.74, 6) is 1.63. The minimum Gasteiger partial charge on any atom is -0.508 e. The van der Waals surface area contributed by atoms with Gasteiger partial charge in [0.2, 0.25) is 0 Å². The molecule has 64 valence electrons. The maximum Gasteiger partial charge on any atom is 0.117 e. The van der Waals surface area contributed by atoms with Crippen LogP contribution in [0.4, 0.5) is 0 Å². The molecule has 12 heavy (non-hydrogen) atoms. The van der Waals surface area contributed by atoms with Gasteiger partial charge in [0.1, 0.15) is 5.75 Å². The number of hydrogen-bond acceptors (Lipinski definition) is 1. The smallest absolute Gasteiger partial charge is 0.117 e. The molecule has 0 aliphatic heterocycles. The molecule has 0 unspecified atom stereocenters. The molecule has 1 aliphatic rings. The van der Waals surface area contributed by atoms with E-state index in [0.29, 0.717) is 10.9 Å². The lowest BCUT2D eigenvalue weighted by molar-refractivity contribution is 0.475. The summed E-state index contributed by atoms with van der Waals surface area (Å²) < 4.78 is 0. The van der Waals surface area contributed by atoms with Gasteiger partial charge in [-0.05, 0) is 36.0 Å². The topological polar surface area (TPSA) is 20.2 Å². The predicted octanol–water partition coefficient (Wildman–Crippen LogP) is 3.17. The lowest BCUT2D eigenvalue weighted by Crippen LogP contribution is -1.82. The second-order valence-electron chi connectivity index (χ2n) is 3.53. The van der Waals surface area contributed by atoms with Crippen LogP contribution in [0.1, 0.15) is 24.8 Å². The van der Waals surface area contributed by atoms with Crippen LogP contribution in [0.15, 0.2) is 18.2 Å². The Morgan fingerprint density at radius 2 is 2.17 bits per heavy atom. The van der Waals surface area contributed by atoms with Gasteiger partial charge in [-0.1, -0.05) is 24.6 Å². The first-order valence-corrected chi connectivity index (χ1v) is 4.54. The molecule has 0 radical (unpaired) electrons. The molecule has 1 nitrogen and oxygen atoms in total. The first-order valence-electron chi connectivity index (χ1n) is 4.17. The summed E-state index contributed by atoms with van der Waals surface area (Å²) in [5.41, 5.74) is 1.18. The van der Waals surface area contributed by atoms with Crippen LogP contribution >= 0.6 is 11.6 Å². The number of halogens is 1. The fourth-order valence-corrected chi connectivity index (χ4v) is 1.89. The van der Waals surface area contributed by atoms with Gasteiger partial charge in [0.05, 0.1) is 0 Å². The van der Waals surface area contributed by atoms with Gasteiger partial charge in [-0.2, -0.15) is 0 Å². The zero-order valence-corrected chi connectivity index (χ0v) is 7.67. The Hall–Kier alpha value is -0.690. The van der Waals surface area contributed by atoms with Crippen molar-refractivity contribution in [2.75, 3.05) is 0 Å². The quantitative estimate of drug-likeness (QED) is 0.708. The molecule has 0 saturated heterocycles. The normalized spacial score (nSPS) is 27.2. The highest BCUT2D eigenvalue weighted by Gasteiger charge is 2.35. The third-order valence-corrected chi connectivity index (χ3v) is 2.82. The molecule has 0 aromatic heterocycles. The van der Waals surface area contributed by atoms with Crippen molar-refractivity contribution in [3.05, 3.63) is 28.8 Å². The molecule has 2 rings (SSSR count). The number of aromatic hydroxyl groups is 1. The molecule has 2 heteroatoms. The van der Waals surface area contributed by atoms with Crippen molar-refractivity contribution < 1.29 is 5.11 Å². The Balaban J connectivity index is 2.33. The molecular weight excluding hydrogens is 172 g/mol. The minimum atomic E-state index is 0.247. The van der Waals surface area contributed by atoms with Crippen LogP contribution in [0, 0.1) is 5.92 Å². The average Bonchev–Trinajstić information content (AvgIpc) is 2.66. The van der Waals surface area contributed by atoms with Gasteiger partial charge in [0.15, 0.2) is 0 Å². The van der Waals surface area contributed by atoms with Crippen molar-refractivity contribution in [2.24, 2.45) is 5.92 Å². The van der Waals surface area contributed by atoms with Crippen molar-refractivity contribution in [3.63, 3.8) is 0 Å². The predicted molar refractivity (Wildman–Crippen MR) is 49.6 cm³/mol. The molecule has 1 aliphatic carbocycles. The van der Waals surface area contributed by atoms with E-state index in [2.05, 4.69) is 6.92 Å². The third-order valence-electron chi connectivity index (χ3n) is 2.49. The molecule has 0 amide bonds. The van der Waals surface area contributed by atoms with E-state index >= 15 is 0 Å². The number of hydrogen-bond donors (Lipinski definition) is 1.